The summed E-state index contributed by atoms with van der Waals surface area (Å²) in [6, 6.07) is 11.3. The number of carbonyl (C=O) groups excluding carboxylic acids is 1. The SMILES string of the molecule is Cc1c(C(=O)N2CCCC(c3cn(Cc4ncc(-c5cccc(Br)c5)o4)nn3)C2)sc2nc(-c3ccco3)[nH]c(=O)c12. The van der Waals surface area contributed by atoms with E-state index in [-0.39, 0.29) is 17.4 Å². The molecule has 1 fully saturated rings. The van der Waals surface area contributed by atoms with Gasteiger partial charge in [-0.25, -0.2) is 14.6 Å². The molecule has 5 aromatic heterocycles. The molecular formula is C29H24BrN7O4S. The van der Waals surface area contributed by atoms with E-state index in [9.17, 15) is 9.59 Å². The van der Waals surface area contributed by atoms with Crippen LogP contribution in [0.3, 0.4) is 0 Å². The summed E-state index contributed by atoms with van der Waals surface area (Å²) in [6.45, 7) is 3.29. The van der Waals surface area contributed by atoms with Crippen molar-refractivity contribution in [2.75, 3.05) is 13.1 Å². The summed E-state index contributed by atoms with van der Waals surface area (Å²) in [5.74, 6) is 1.95. The number of hydrogen-bond acceptors (Lipinski definition) is 9. The van der Waals surface area contributed by atoms with E-state index in [4.69, 9.17) is 8.83 Å². The van der Waals surface area contributed by atoms with Gasteiger partial charge in [0.25, 0.3) is 11.5 Å². The number of oxazole rings is 1. The van der Waals surface area contributed by atoms with Crippen LogP contribution in [0.5, 0.6) is 0 Å². The molecule has 1 aliphatic rings. The molecule has 1 aliphatic heterocycles. The first-order valence-corrected chi connectivity index (χ1v) is 15.0. The van der Waals surface area contributed by atoms with Gasteiger partial charge in [0.2, 0.25) is 5.89 Å². The second kappa shape index (κ2) is 10.8. The van der Waals surface area contributed by atoms with Gasteiger partial charge in [0.05, 0.1) is 28.4 Å². The Balaban J connectivity index is 1.07. The maximum absolute atomic E-state index is 13.7. The van der Waals surface area contributed by atoms with E-state index in [0.717, 1.165) is 28.6 Å². The van der Waals surface area contributed by atoms with Crippen LogP contribution in [0.2, 0.25) is 0 Å². The molecular weight excluding hydrogens is 622 g/mol. The predicted octanol–water partition coefficient (Wildman–Crippen LogP) is 5.63. The zero-order chi connectivity index (χ0) is 28.8. The van der Waals surface area contributed by atoms with Crippen molar-refractivity contribution < 1.29 is 13.6 Å². The Labute approximate surface area is 251 Å². The Morgan fingerprint density at radius 1 is 1.24 bits per heavy atom. The smallest absolute Gasteiger partial charge is 0.264 e. The number of piperidine rings is 1. The van der Waals surface area contributed by atoms with Crippen LogP contribution in [0.15, 0.2) is 73.2 Å². The van der Waals surface area contributed by atoms with Crippen LogP contribution in [0, 0.1) is 6.92 Å². The summed E-state index contributed by atoms with van der Waals surface area (Å²) in [5, 5.41) is 9.15. The van der Waals surface area contributed by atoms with Gasteiger partial charge in [-0.2, -0.15) is 0 Å². The number of furan rings is 1. The minimum Gasteiger partial charge on any atom is -0.461 e. The van der Waals surface area contributed by atoms with Gasteiger partial charge in [-0.05, 0) is 49.6 Å². The number of hydrogen-bond donors (Lipinski definition) is 1. The highest BCUT2D eigenvalue weighted by Crippen LogP contribution is 2.32. The Kier molecular flexibility index (Phi) is 6.82. The minimum atomic E-state index is -0.290. The van der Waals surface area contributed by atoms with Crippen LogP contribution in [0.4, 0.5) is 0 Å². The molecule has 1 aromatic carbocycles. The number of aryl methyl sites for hydroxylation is 1. The molecule has 11 nitrogen and oxygen atoms in total. The summed E-state index contributed by atoms with van der Waals surface area (Å²) in [5.41, 5.74) is 2.10. The lowest BCUT2D eigenvalue weighted by atomic mass is 9.95. The largest absolute Gasteiger partial charge is 0.461 e. The van der Waals surface area contributed by atoms with Gasteiger partial charge in [0.15, 0.2) is 17.3 Å². The van der Waals surface area contributed by atoms with Crippen LogP contribution in [0.25, 0.3) is 33.1 Å². The molecule has 13 heteroatoms. The standard InChI is InChI=1S/C29H24BrN7O4S/c1-16-24-27(38)32-26(21-8-4-10-40-21)33-28(24)42-25(16)29(39)36-9-3-6-18(13-36)20-14-37(35-34-20)15-23-31-12-22(41-23)17-5-2-7-19(30)11-17/h2,4-5,7-8,10-12,14,18H,3,6,9,13,15H2,1H3,(H,32,33,38). The third-order valence-corrected chi connectivity index (χ3v) is 9.06. The highest BCUT2D eigenvalue weighted by atomic mass is 79.9. The van der Waals surface area contributed by atoms with Crippen LogP contribution in [-0.4, -0.2) is 53.8 Å². The van der Waals surface area contributed by atoms with Crippen LogP contribution in [0.1, 0.15) is 45.6 Å². The molecule has 0 saturated carbocycles. The molecule has 212 valence electrons. The maximum Gasteiger partial charge on any atom is 0.264 e. The van der Waals surface area contributed by atoms with Gasteiger partial charge in [-0.3, -0.25) is 9.59 Å². The number of rotatable bonds is 6. The van der Waals surface area contributed by atoms with Gasteiger partial charge in [-0.1, -0.05) is 33.3 Å². The fraction of sp³-hybridized carbons (Fsp3) is 0.241. The molecule has 1 amide bonds. The van der Waals surface area contributed by atoms with E-state index < -0.39 is 0 Å². The van der Waals surface area contributed by atoms with Crippen molar-refractivity contribution in [3.63, 3.8) is 0 Å². The van der Waals surface area contributed by atoms with Crippen molar-refractivity contribution >= 4 is 43.4 Å². The van der Waals surface area contributed by atoms with Gasteiger partial charge in [-0.15, -0.1) is 16.4 Å². The fourth-order valence-electron chi connectivity index (χ4n) is 5.30. The second-order valence-electron chi connectivity index (χ2n) is 10.2. The van der Waals surface area contributed by atoms with E-state index >= 15 is 0 Å². The first kappa shape index (κ1) is 26.5. The molecule has 7 rings (SSSR count). The average Bonchev–Trinajstić information content (AvgIpc) is 3.81. The van der Waals surface area contributed by atoms with Gasteiger partial charge < -0.3 is 18.7 Å². The molecule has 42 heavy (non-hydrogen) atoms. The summed E-state index contributed by atoms with van der Waals surface area (Å²) >= 11 is 4.72. The normalized spacial score (nSPS) is 15.5. The van der Waals surface area contributed by atoms with Crippen molar-refractivity contribution in [3.05, 3.63) is 91.9 Å². The molecule has 1 unspecified atom stereocenters. The number of benzene rings is 1. The van der Waals surface area contributed by atoms with Crippen molar-refractivity contribution in [3.8, 4) is 22.9 Å². The van der Waals surface area contributed by atoms with Gasteiger partial charge in [0.1, 0.15) is 11.4 Å². The van der Waals surface area contributed by atoms with Crippen molar-refractivity contribution in [1.29, 1.82) is 0 Å². The van der Waals surface area contributed by atoms with Crippen LogP contribution < -0.4 is 5.56 Å². The molecule has 0 aliphatic carbocycles. The van der Waals surface area contributed by atoms with E-state index in [1.807, 2.05) is 35.4 Å². The summed E-state index contributed by atoms with van der Waals surface area (Å²) in [6.07, 6.45) is 6.86. The number of fused-ring (bicyclic) bond motifs is 1. The number of nitrogens with one attached hydrogen (secondary N) is 1. The van der Waals surface area contributed by atoms with Crippen molar-refractivity contribution in [1.82, 2.24) is 34.8 Å². The van der Waals surface area contributed by atoms with Gasteiger partial charge >= 0.3 is 0 Å². The lowest BCUT2D eigenvalue weighted by Crippen LogP contribution is -2.39. The highest BCUT2D eigenvalue weighted by Gasteiger charge is 2.30. The topological polar surface area (TPSA) is 136 Å². The Hall–Kier alpha value is -4.36. The van der Waals surface area contributed by atoms with E-state index in [1.165, 1.54) is 17.6 Å². The quantitative estimate of drug-likeness (QED) is 0.246. The number of likely N-dealkylation sites (tertiary alicyclic amines) is 1. The molecule has 0 bridgehead atoms. The summed E-state index contributed by atoms with van der Waals surface area (Å²) in [4.78, 5) is 41.2. The number of H-pyrrole nitrogens is 1. The monoisotopic (exact) mass is 645 g/mol. The number of halogens is 1. The molecule has 1 atom stereocenters. The second-order valence-corrected chi connectivity index (χ2v) is 12.1. The third-order valence-electron chi connectivity index (χ3n) is 7.39. The molecule has 6 aromatic rings. The van der Waals surface area contributed by atoms with Crippen molar-refractivity contribution in [2.24, 2.45) is 0 Å². The Morgan fingerprint density at radius 2 is 2.14 bits per heavy atom. The number of nitrogens with zero attached hydrogens (tertiary/aromatic N) is 6. The summed E-state index contributed by atoms with van der Waals surface area (Å²) < 4.78 is 14.0. The number of thiophene rings is 1. The van der Waals surface area contributed by atoms with Crippen LogP contribution >= 0.6 is 27.3 Å². The predicted molar refractivity (Wildman–Crippen MR) is 159 cm³/mol. The number of aromatic nitrogens is 6. The fourth-order valence-corrected chi connectivity index (χ4v) is 6.85. The maximum atomic E-state index is 13.7. The van der Waals surface area contributed by atoms with Crippen LogP contribution in [-0.2, 0) is 6.54 Å². The van der Waals surface area contributed by atoms with E-state index in [1.54, 1.807) is 29.9 Å². The zero-order valence-electron chi connectivity index (χ0n) is 22.4. The highest BCUT2D eigenvalue weighted by molar-refractivity contribution is 9.10. The average molecular weight is 647 g/mol. The number of amides is 1. The van der Waals surface area contributed by atoms with Crippen molar-refractivity contribution in [2.45, 2.75) is 32.2 Å². The van der Waals surface area contributed by atoms with E-state index in [2.05, 4.69) is 41.2 Å². The minimum absolute atomic E-state index is 0.0417. The molecule has 6 heterocycles. The first-order valence-electron chi connectivity index (χ1n) is 13.4. The van der Waals surface area contributed by atoms with E-state index in [0.29, 0.717) is 63.5 Å². The molecule has 1 saturated heterocycles. The molecule has 1 N–H and O–H groups in total. The first-order chi connectivity index (χ1) is 20.4. The zero-order valence-corrected chi connectivity index (χ0v) is 24.8. The lowest BCUT2D eigenvalue weighted by Gasteiger charge is -2.31. The molecule has 0 radical (unpaired) electrons. The Bertz CT molecular complexity index is 1970. The number of aromatic amines is 1. The summed E-state index contributed by atoms with van der Waals surface area (Å²) in [7, 11) is 0. The third kappa shape index (κ3) is 4.98. The van der Waals surface area contributed by atoms with Gasteiger partial charge in [0, 0.05) is 35.2 Å². The molecule has 0 spiro atoms. The number of carbonyl (C=O) groups is 1. The lowest BCUT2D eigenvalue weighted by molar-refractivity contribution is 0.0710. The Morgan fingerprint density at radius 3 is 2.98 bits per heavy atom.